The standard InChI is InChI=1S/C13H17N/c1-4-10-14(11-5-2)13-9-7-6-8-12(13)3/h4-11H,1-3H3/b10-4+,11-5+. The van der Waals surface area contributed by atoms with Crippen LogP contribution < -0.4 is 4.90 Å². The van der Waals surface area contributed by atoms with Crippen molar-refractivity contribution in [2.75, 3.05) is 4.90 Å². The van der Waals surface area contributed by atoms with Gasteiger partial charge in [-0.25, -0.2) is 0 Å². The topological polar surface area (TPSA) is 3.24 Å². The highest BCUT2D eigenvalue weighted by atomic mass is 15.1. The van der Waals surface area contributed by atoms with Crippen molar-refractivity contribution in [3.05, 3.63) is 54.4 Å². The number of benzene rings is 1. The van der Waals surface area contributed by atoms with Gasteiger partial charge in [-0.15, -0.1) is 0 Å². The zero-order chi connectivity index (χ0) is 10.4. The third-order valence-electron chi connectivity index (χ3n) is 2.01. The molecule has 0 unspecified atom stereocenters. The summed E-state index contributed by atoms with van der Waals surface area (Å²) < 4.78 is 0. The van der Waals surface area contributed by atoms with Gasteiger partial charge in [0, 0.05) is 18.1 Å². The van der Waals surface area contributed by atoms with Gasteiger partial charge in [-0.1, -0.05) is 30.4 Å². The number of nitrogens with zero attached hydrogens (tertiary/aromatic N) is 1. The van der Waals surface area contributed by atoms with E-state index in [0.29, 0.717) is 0 Å². The van der Waals surface area contributed by atoms with E-state index in [1.54, 1.807) is 0 Å². The minimum atomic E-state index is 1.23. The second kappa shape index (κ2) is 5.28. The maximum Gasteiger partial charge on any atom is 0.0478 e. The molecule has 0 radical (unpaired) electrons. The molecule has 14 heavy (non-hydrogen) atoms. The van der Waals surface area contributed by atoms with Crippen molar-refractivity contribution >= 4 is 5.69 Å². The Kier molecular flexibility index (Phi) is 3.99. The van der Waals surface area contributed by atoms with Gasteiger partial charge in [-0.3, -0.25) is 0 Å². The summed E-state index contributed by atoms with van der Waals surface area (Å²) in [5.74, 6) is 0. The van der Waals surface area contributed by atoms with Gasteiger partial charge < -0.3 is 4.90 Å². The highest BCUT2D eigenvalue weighted by Crippen LogP contribution is 2.19. The van der Waals surface area contributed by atoms with E-state index in [2.05, 4.69) is 48.5 Å². The lowest BCUT2D eigenvalue weighted by Gasteiger charge is -2.17. The van der Waals surface area contributed by atoms with Crippen molar-refractivity contribution in [3.63, 3.8) is 0 Å². The molecule has 0 aromatic heterocycles. The largest absolute Gasteiger partial charge is 0.324 e. The van der Waals surface area contributed by atoms with Gasteiger partial charge in [0.05, 0.1) is 0 Å². The van der Waals surface area contributed by atoms with Crippen LogP contribution in [-0.2, 0) is 0 Å². The number of hydrogen-bond donors (Lipinski definition) is 0. The Labute approximate surface area is 86.4 Å². The van der Waals surface area contributed by atoms with Gasteiger partial charge in [0.1, 0.15) is 0 Å². The normalized spacial score (nSPS) is 11.4. The quantitative estimate of drug-likeness (QED) is 0.694. The van der Waals surface area contributed by atoms with Gasteiger partial charge >= 0.3 is 0 Å². The lowest BCUT2D eigenvalue weighted by molar-refractivity contribution is 1.23. The fraction of sp³-hybridized carbons (Fsp3) is 0.231. The summed E-state index contributed by atoms with van der Waals surface area (Å²) in [5.41, 5.74) is 2.51. The van der Waals surface area contributed by atoms with Crippen molar-refractivity contribution < 1.29 is 0 Å². The second-order valence-corrected chi connectivity index (χ2v) is 3.16. The Morgan fingerprint density at radius 1 is 1.00 bits per heavy atom. The first-order chi connectivity index (χ1) is 6.79. The molecule has 74 valence electrons. The third kappa shape index (κ3) is 2.49. The van der Waals surface area contributed by atoms with Crippen LogP contribution in [0.25, 0.3) is 0 Å². The Balaban J connectivity index is 3.04. The van der Waals surface area contributed by atoms with Crippen LogP contribution in [-0.4, -0.2) is 0 Å². The highest BCUT2D eigenvalue weighted by Gasteiger charge is 2.00. The molecule has 0 spiro atoms. The van der Waals surface area contributed by atoms with E-state index in [-0.39, 0.29) is 0 Å². The van der Waals surface area contributed by atoms with Crippen molar-refractivity contribution in [1.82, 2.24) is 0 Å². The summed E-state index contributed by atoms with van der Waals surface area (Å²) in [4.78, 5) is 2.12. The minimum Gasteiger partial charge on any atom is -0.324 e. The molecule has 1 rings (SSSR count). The van der Waals surface area contributed by atoms with E-state index in [4.69, 9.17) is 0 Å². The van der Waals surface area contributed by atoms with Gasteiger partial charge in [0.2, 0.25) is 0 Å². The Hall–Kier alpha value is -1.50. The summed E-state index contributed by atoms with van der Waals surface area (Å²) >= 11 is 0. The van der Waals surface area contributed by atoms with E-state index in [9.17, 15) is 0 Å². The molecule has 0 amide bonds. The highest BCUT2D eigenvalue weighted by molar-refractivity contribution is 5.57. The predicted molar refractivity (Wildman–Crippen MR) is 63.3 cm³/mol. The van der Waals surface area contributed by atoms with Crippen molar-refractivity contribution in [2.45, 2.75) is 20.8 Å². The monoisotopic (exact) mass is 187 g/mol. The van der Waals surface area contributed by atoms with Crippen molar-refractivity contribution in [2.24, 2.45) is 0 Å². The van der Waals surface area contributed by atoms with E-state index in [0.717, 1.165) is 0 Å². The molecule has 0 atom stereocenters. The molecule has 0 bridgehead atoms. The first kappa shape index (κ1) is 10.6. The number of para-hydroxylation sites is 1. The molecule has 0 aliphatic heterocycles. The first-order valence-electron chi connectivity index (χ1n) is 4.89. The summed E-state index contributed by atoms with van der Waals surface area (Å²) in [7, 11) is 0. The third-order valence-corrected chi connectivity index (χ3v) is 2.01. The van der Waals surface area contributed by atoms with E-state index < -0.39 is 0 Å². The summed E-state index contributed by atoms with van der Waals surface area (Å²) in [6, 6.07) is 8.36. The number of rotatable bonds is 3. The van der Waals surface area contributed by atoms with Gasteiger partial charge in [0.25, 0.3) is 0 Å². The average Bonchev–Trinajstić information content (AvgIpc) is 2.18. The Morgan fingerprint density at radius 2 is 1.57 bits per heavy atom. The molecule has 0 saturated heterocycles. The van der Waals surface area contributed by atoms with E-state index in [1.807, 2.05) is 26.0 Å². The van der Waals surface area contributed by atoms with Crippen LogP contribution in [0.15, 0.2) is 48.8 Å². The van der Waals surface area contributed by atoms with Crippen LogP contribution in [0.1, 0.15) is 19.4 Å². The average molecular weight is 187 g/mol. The van der Waals surface area contributed by atoms with E-state index >= 15 is 0 Å². The summed E-state index contributed by atoms with van der Waals surface area (Å²) in [6.45, 7) is 6.17. The molecule has 0 N–H and O–H groups in total. The minimum absolute atomic E-state index is 1.23. The Bertz CT molecular complexity index is 325. The van der Waals surface area contributed by atoms with E-state index in [1.165, 1.54) is 11.3 Å². The predicted octanol–water partition coefficient (Wildman–Crippen LogP) is 3.87. The number of aryl methyl sites for hydroxylation is 1. The maximum absolute atomic E-state index is 2.12. The molecule has 1 aromatic carbocycles. The van der Waals surface area contributed by atoms with Crippen molar-refractivity contribution in [1.29, 1.82) is 0 Å². The molecule has 1 heteroatoms. The van der Waals surface area contributed by atoms with Crippen molar-refractivity contribution in [3.8, 4) is 0 Å². The molecular formula is C13H17N. The molecular weight excluding hydrogens is 170 g/mol. The van der Waals surface area contributed by atoms with Crippen LogP contribution in [0.2, 0.25) is 0 Å². The zero-order valence-corrected chi connectivity index (χ0v) is 9.07. The number of allylic oxidation sites excluding steroid dienone is 2. The number of anilines is 1. The van der Waals surface area contributed by atoms with Crippen LogP contribution >= 0.6 is 0 Å². The fourth-order valence-electron chi connectivity index (χ4n) is 1.38. The van der Waals surface area contributed by atoms with Gasteiger partial charge in [0.15, 0.2) is 0 Å². The molecule has 1 aromatic rings. The van der Waals surface area contributed by atoms with Crippen LogP contribution in [0.3, 0.4) is 0 Å². The van der Waals surface area contributed by atoms with Crippen LogP contribution in [0, 0.1) is 6.92 Å². The molecule has 0 aliphatic rings. The van der Waals surface area contributed by atoms with Gasteiger partial charge in [-0.2, -0.15) is 0 Å². The molecule has 0 aliphatic carbocycles. The lowest BCUT2D eigenvalue weighted by Crippen LogP contribution is -2.07. The first-order valence-corrected chi connectivity index (χ1v) is 4.89. The number of hydrogen-bond acceptors (Lipinski definition) is 1. The zero-order valence-electron chi connectivity index (χ0n) is 9.07. The molecule has 0 saturated carbocycles. The van der Waals surface area contributed by atoms with Crippen LogP contribution in [0.4, 0.5) is 5.69 Å². The smallest absolute Gasteiger partial charge is 0.0478 e. The SMILES string of the molecule is C/C=C/N(/C=C/C)c1ccccc1C. The molecule has 0 fully saturated rings. The fourth-order valence-corrected chi connectivity index (χ4v) is 1.38. The maximum atomic E-state index is 2.12. The summed E-state index contributed by atoms with van der Waals surface area (Å²) in [6.07, 6.45) is 8.18. The lowest BCUT2D eigenvalue weighted by atomic mass is 10.2. The van der Waals surface area contributed by atoms with Crippen LogP contribution in [0.5, 0.6) is 0 Å². The molecule has 1 nitrogen and oxygen atoms in total. The molecule has 0 heterocycles. The van der Waals surface area contributed by atoms with Gasteiger partial charge in [-0.05, 0) is 32.4 Å². The Morgan fingerprint density at radius 3 is 2.07 bits per heavy atom. The summed E-state index contributed by atoms with van der Waals surface area (Å²) in [5, 5.41) is 0. The second-order valence-electron chi connectivity index (χ2n) is 3.16.